The van der Waals surface area contributed by atoms with Crippen LogP contribution < -0.4 is 11.5 Å². The largest absolute Gasteiger partial charge is 0.506 e. The fourth-order valence-electron chi connectivity index (χ4n) is 0.881. The summed E-state index contributed by atoms with van der Waals surface area (Å²) in [5, 5.41) is 9.22. The van der Waals surface area contributed by atoms with Gasteiger partial charge < -0.3 is 16.6 Å². The van der Waals surface area contributed by atoms with Crippen LogP contribution in [-0.2, 0) is 4.79 Å². The zero-order valence-electron chi connectivity index (χ0n) is 6.70. The number of primary amides is 1. The first-order valence-electron chi connectivity index (χ1n) is 3.55. The predicted molar refractivity (Wildman–Crippen MR) is 49.2 cm³/mol. The van der Waals surface area contributed by atoms with Gasteiger partial charge in [-0.05, 0) is 17.7 Å². The highest BCUT2D eigenvalue weighted by molar-refractivity contribution is 6.32. The molecule has 5 heteroatoms. The molecule has 0 saturated carbocycles. The van der Waals surface area contributed by atoms with Crippen molar-refractivity contribution in [3.05, 3.63) is 28.8 Å². The molecule has 0 aromatic heterocycles. The van der Waals surface area contributed by atoms with Crippen LogP contribution in [0, 0.1) is 0 Å². The van der Waals surface area contributed by atoms with Crippen LogP contribution in [0.1, 0.15) is 11.6 Å². The maximum Gasteiger partial charge on any atom is 0.238 e. The highest BCUT2D eigenvalue weighted by Crippen LogP contribution is 2.25. The Morgan fingerprint density at radius 2 is 2.15 bits per heavy atom. The number of hydrogen-bond donors (Lipinski definition) is 3. The molecule has 0 saturated heterocycles. The summed E-state index contributed by atoms with van der Waals surface area (Å²) in [4.78, 5) is 10.7. The Morgan fingerprint density at radius 1 is 1.54 bits per heavy atom. The molecule has 0 aliphatic carbocycles. The van der Waals surface area contributed by atoms with Gasteiger partial charge in [-0.25, -0.2) is 0 Å². The molecule has 1 amide bonds. The number of rotatable bonds is 2. The molecule has 1 aromatic rings. The van der Waals surface area contributed by atoms with Crippen molar-refractivity contribution in [1.29, 1.82) is 0 Å². The van der Waals surface area contributed by atoms with Crippen LogP contribution in [0.25, 0.3) is 0 Å². The molecule has 0 spiro atoms. The highest BCUT2D eigenvalue weighted by atomic mass is 35.5. The van der Waals surface area contributed by atoms with Gasteiger partial charge in [0.15, 0.2) is 0 Å². The smallest absolute Gasteiger partial charge is 0.238 e. The number of hydrogen-bond acceptors (Lipinski definition) is 3. The quantitative estimate of drug-likeness (QED) is 0.651. The molecular weight excluding hydrogens is 192 g/mol. The topological polar surface area (TPSA) is 89.3 Å². The van der Waals surface area contributed by atoms with Crippen molar-refractivity contribution in [2.75, 3.05) is 0 Å². The Kier molecular flexibility index (Phi) is 2.75. The first kappa shape index (κ1) is 9.83. The van der Waals surface area contributed by atoms with E-state index in [0.29, 0.717) is 5.56 Å². The van der Waals surface area contributed by atoms with Gasteiger partial charge in [-0.2, -0.15) is 0 Å². The average molecular weight is 201 g/mol. The number of carbonyl (C=O) groups is 1. The normalized spacial score (nSPS) is 12.5. The van der Waals surface area contributed by atoms with E-state index in [0.717, 1.165) is 0 Å². The molecule has 70 valence electrons. The van der Waals surface area contributed by atoms with Gasteiger partial charge in [0.2, 0.25) is 5.91 Å². The molecule has 4 nitrogen and oxygen atoms in total. The summed E-state index contributed by atoms with van der Waals surface area (Å²) in [5.74, 6) is -0.691. The molecular formula is C8H9ClN2O2. The predicted octanol–water partition coefficient (Wildman–Crippen LogP) is 0.531. The molecule has 1 rings (SSSR count). The maximum atomic E-state index is 10.7. The Hall–Kier alpha value is -1.26. The Bertz CT molecular complexity index is 341. The second-order valence-corrected chi connectivity index (χ2v) is 3.00. The monoisotopic (exact) mass is 200 g/mol. The van der Waals surface area contributed by atoms with Crippen LogP contribution >= 0.6 is 11.6 Å². The number of phenolic OH excluding ortho intramolecular Hbond substituents is 1. The zero-order chi connectivity index (χ0) is 10.0. The molecule has 0 heterocycles. The van der Waals surface area contributed by atoms with Gasteiger partial charge in [0, 0.05) is 0 Å². The van der Waals surface area contributed by atoms with E-state index < -0.39 is 11.9 Å². The first-order valence-corrected chi connectivity index (χ1v) is 3.93. The molecule has 13 heavy (non-hydrogen) atoms. The number of amides is 1. The number of phenols is 1. The van der Waals surface area contributed by atoms with Crippen LogP contribution in [0.2, 0.25) is 5.02 Å². The second-order valence-electron chi connectivity index (χ2n) is 2.59. The van der Waals surface area contributed by atoms with E-state index in [1.54, 1.807) is 0 Å². The lowest BCUT2D eigenvalue weighted by atomic mass is 10.1. The van der Waals surface area contributed by atoms with Crippen molar-refractivity contribution in [1.82, 2.24) is 0 Å². The van der Waals surface area contributed by atoms with Crippen molar-refractivity contribution in [2.24, 2.45) is 11.5 Å². The van der Waals surface area contributed by atoms with E-state index in [2.05, 4.69) is 0 Å². The van der Waals surface area contributed by atoms with Crippen LogP contribution in [0.4, 0.5) is 0 Å². The lowest BCUT2D eigenvalue weighted by molar-refractivity contribution is -0.119. The molecule has 1 aromatic carbocycles. The van der Waals surface area contributed by atoms with E-state index in [1.807, 2.05) is 0 Å². The standard InChI is InChI=1S/C8H9ClN2O2/c9-5-3-4(1-2-6(5)12)7(10)8(11)13/h1-3,7,12H,10H2,(H2,11,13). The SMILES string of the molecule is NC(=O)C(N)c1ccc(O)c(Cl)c1. The molecule has 0 fully saturated rings. The van der Waals surface area contributed by atoms with Crippen molar-refractivity contribution in [3.63, 3.8) is 0 Å². The summed E-state index contributed by atoms with van der Waals surface area (Å²) in [6.07, 6.45) is 0. The number of aromatic hydroxyl groups is 1. The minimum Gasteiger partial charge on any atom is -0.506 e. The summed E-state index contributed by atoms with van der Waals surface area (Å²) >= 11 is 5.60. The van der Waals surface area contributed by atoms with E-state index in [-0.39, 0.29) is 10.8 Å². The van der Waals surface area contributed by atoms with Crippen LogP contribution in [0.3, 0.4) is 0 Å². The van der Waals surface area contributed by atoms with E-state index in [1.165, 1.54) is 18.2 Å². The summed E-state index contributed by atoms with van der Waals surface area (Å²) in [6, 6.07) is 3.38. The average Bonchev–Trinajstić information content (AvgIpc) is 2.08. The van der Waals surface area contributed by atoms with Gasteiger partial charge in [0.25, 0.3) is 0 Å². The van der Waals surface area contributed by atoms with E-state index in [9.17, 15) is 4.79 Å². The molecule has 0 aliphatic rings. The number of halogens is 1. The van der Waals surface area contributed by atoms with Crippen molar-refractivity contribution >= 4 is 17.5 Å². The molecule has 0 radical (unpaired) electrons. The van der Waals surface area contributed by atoms with Gasteiger partial charge in [0.1, 0.15) is 11.8 Å². The maximum absolute atomic E-state index is 10.7. The summed E-state index contributed by atoms with van der Waals surface area (Å²) < 4.78 is 0. The number of carbonyl (C=O) groups excluding carboxylic acids is 1. The third-order valence-corrected chi connectivity index (χ3v) is 1.94. The molecule has 1 atom stereocenters. The van der Waals surface area contributed by atoms with Crippen LogP contribution in [0.15, 0.2) is 18.2 Å². The second kappa shape index (κ2) is 3.64. The van der Waals surface area contributed by atoms with Crippen molar-refractivity contribution in [2.45, 2.75) is 6.04 Å². The third kappa shape index (κ3) is 2.11. The third-order valence-electron chi connectivity index (χ3n) is 1.64. The molecule has 0 bridgehead atoms. The molecule has 0 aliphatic heterocycles. The van der Waals surface area contributed by atoms with Crippen molar-refractivity contribution < 1.29 is 9.90 Å². The Balaban J connectivity index is 3.03. The fourth-order valence-corrected chi connectivity index (χ4v) is 1.07. The van der Waals surface area contributed by atoms with Crippen molar-refractivity contribution in [3.8, 4) is 5.75 Å². The molecule has 1 unspecified atom stereocenters. The summed E-state index contributed by atoms with van der Waals surface area (Å²) in [7, 11) is 0. The minimum atomic E-state index is -0.891. The van der Waals surface area contributed by atoms with Crippen LogP contribution in [0.5, 0.6) is 5.75 Å². The molecule has 5 N–H and O–H groups in total. The fraction of sp³-hybridized carbons (Fsp3) is 0.125. The lowest BCUT2D eigenvalue weighted by Crippen LogP contribution is -2.28. The first-order chi connectivity index (χ1) is 6.02. The van der Waals surface area contributed by atoms with E-state index in [4.69, 9.17) is 28.2 Å². The van der Waals surface area contributed by atoms with Gasteiger partial charge >= 0.3 is 0 Å². The Labute approximate surface area is 80.1 Å². The van der Waals surface area contributed by atoms with Gasteiger partial charge in [-0.1, -0.05) is 17.7 Å². The summed E-state index contributed by atoms with van der Waals surface area (Å²) in [6.45, 7) is 0. The van der Waals surface area contributed by atoms with Gasteiger partial charge in [-0.3, -0.25) is 4.79 Å². The van der Waals surface area contributed by atoms with Gasteiger partial charge in [0.05, 0.1) is 5.02 Å². The van der Waals surface area contributed by atoms with Crippen LogP contribution in [-0.4, -0.2) is 11.0 Å². The zero-order valence-corrected chi connectivity index (χ0v) is 7.45. The van der Waals surface area contributed by atoms with Gasteiger partial charge in [-0.15, -0.1) is 0 Å². The summed E-state index contributed by atoms with van der Waals surface area (Å²) in [5.41, 5.74) is 10.9. The Morgan fingerprint density at radius 3 is 2.62 bits per heavy atom. The number of nitrogens with two attached hydrogens (primary N) is 2. The lowest BCUT2D eigenvalue weighted by Gasteiger charge is -2.08. The number of benzene rings is 1. The minimum absolute atomic E-state index is 0.0536. The van der Waals surface area contributed by atoms with E-state index >= 15 is 0 Å². The highest BCUT2D eigenvalue weighted by Gasteiger charge is 2.12.